The van der Waals surface area contributed by atoms with Crippen LogP contribution in [-0.4, -0.2) is 223 Å². The number of aliphatic hydroxyl groups is 3. The van der Waals surface area contributed by atoms with Crippen LogP contribution in [0, 0.1) is 11.8 Å². The molecule has 452 valence electrons. The first-order chi connectivity index (χ1) is 39.4. The van der Waals surface area contributed by atoms with E-state index in [1.54, 1.807) is 30.9 Å². The van der Waals surface area contributed by atoms with Gasteiger partial charge in [-0.05, 0) is 24.5 Å². The summed E-state index contributed by atoms with van der Waals surface area (Å²) in [5.41, 5.74) is 6.45. The summed E-state index contributed by atoms with van der Waals surface area (Å²) in [5, 5.41) is 49.3. The van der Waals surface area contributed by atoms with Crippen LogP contribution in [-0.2, 0) is 80.9 Å². The maximum atomic E-state index is 15.3. The number of ether oxygens (including phenoxy) is 1. The standard InChI is InChI=1S/C52H70N12O17S2/c1-5-24(2)43-49(77)55-17-38(69)56-33-23-83(80)51-29(28-6-7-36(81-4)30(45(28)61-51)22-82-27-10-12-62(20-27)40(71)11-13-63-41(72)8-9-42(63)73)15-31(46(74)54-18-39(70)59-43)57-50(78)44(25(3)35(67)21-65)60-48(76)34-14-26(66)19-64(34)52(79)32(16-37(53)68)58-47(33)75/h6-9,24-27,31-35,43-44,61,65-67H,5,10-23H2,1-4H3,(H2,53,68)(H,54,74)(H,55,77)(H,56,69)(H,57,78)(H,58,75)(H,59,70)(H,60,76)/t24-,25-,26+,27?,31-,32-,33-,34+,35-,43-,44-,83?/m0/s1. The Balaban J connectivity index is 1.35. The van der Waals surface area contributed by atoms with Crippen LogP contribution in [0.1, 0.15) is 64.0 Å². The normalized spacial score (nSPS) is 27.4. The third kappa shape index (κ3) is 15.1. The molecule has 7 rings (SSSR count). The van der Waals surface area contributed by atoms with E-state index in [1.807, 2.05) is 0 Å². The van der Waals surface area contributed by atoms with E-state index in [4.69, 9.17) is 10.5 Å². The van der Waals surface area contributed by atoms with E-state index >= 15 is 4.55 Å². The zero-order valence-electron chi connectivity index (χ0n) is 46.1. The van der Waals surface area contributed by atoms with Crippen molar-refractivity contribution in [3.05, 3.63) is 35.4 Å². The lowest BCUT2D eigenvalue weighted by atomic mass is 9.93. The number of likely N-dealkylation sites (tertiary alicyclic amines) is 1. The Hall–Kier alpha value is -7.32. The number of nitrogens with zero attached hydrogens (tertiary/aromatic N) is 3. The number of H-pyrrole nitrogens is 1. The first-order valence-electron chi connectivity index (χ1n) is 27.1. The number of primary amides is 1. The van der Waals surface area contributed by atoms with Crippen LogP contribution in [0.15, 0.2) is 29.3 Å². The number of carbonyl (C=O) groups is 12. The lowest BCUT2D eigenvalue weighted by molar-refractivity contribution is -0.144. The monoisotopic (exact) mass is 1200 g/mol. The molecular formula is C52H70N12O17S2. The quantitative estimate of drug-likeness (QED) is 0.0620. The molecule has 29 nitrogen and oxygen atoms in total. The lowest BCUT2D eigenvalue weighted by Gasteiger charge is -2.32. The van der Waals surface area contributed by atoms with Crippen molar-refractivity contribution < 1.29 is 82.1 Å². The van der Waals surface area contributed by atoms with Crippen LogP contribution in [0.2, 0.25) is 0 Å². The Morgan fingerprint density at radius 1 is 0.867 bits per heavy atom. The first-order valence-corrected chi connectivity index (χ1v) is 29.4. The molecule has 0 spiro atoms. The van der Waals surface area contributed by atoms with Crippen LogP contribution < -0.4 is 47.7 Å². The molecular weight excluding hydrogens is 1130 g/mol. The zero-order valence-corrected chi connectivity index (χ0v) is 47.7. The molecule has 1 aromatic heterocycles. The molecule has 5 aliphatic rings. The molecule has 2 aromatic rings. The number of thioether (sulfide) groups is 1. The van der Waals surface area contributed by atoms with E-state index in [0.29, 0.717) is 48.1 Å². The highest BCUT2D eigenvalue weighted by Gasteiger charge is 2.46. The van der Waals surface area contributed by atoms with Gasteiger partial charge in [-0.2, -0.15) is 11.8 Å². The van der Waals surface area contributed by atoms with E-state index in [-0.39, 0.29) is 40.5 Å². The van der Waals surface area contributed by atoms with Gasteiger partial charge in [-0.15, -0.1) is 0 Å². The molecule has 0 saturated carbocycles. The molecule has 0 aliphatic carbocycles. The Morgan fingerprint density at radius 2 is 1.55 bits per heavy atom. The number of amides is 12. The van der Waals surface area contributed by atoms with Crippen molar-refractivity contribution >= 4 is 105 Å². The number of methoxy groups -OCH3 is 1. The van der Waals surface area contributed by atoms with E-state index in [2.05, 4.69) is 42.2 Å². The largest absolute Gasteiger partial charge is 0.610 e. The Kier molecular flexibility index (Phi) is 21.2. The summed E-state index contributed by atoms with van der Waals surface area (Å²) in [6, 6.07) is -7.08. The molecule has 6 heterocycles. The Labute approximate surface area is 483 Å². The average molecular weight is 1200 g/mol. The van der Waals surface area contributed by atoms with E-state index in [1.165, 1.54) is 25.8 Å². The number of aromatic amines is 1. The number of carbonyl (C=O) groups excluding carboxylic acids is 12. The van der Waals surface area contributed by atoms with Gasteiger partial charge in [-0.1, -0.05) is 27.2 Å². The summed E-state index contributed by atoms with van der Waals surface area (Å²) in [6.07, 6.45) is -1.89. The third-order valence-electron chi connectivity index (χ3n) is 15.4. The summed E-state index contributed by atoms with van der Waals surface area (Å²) >= 11 is -1.03. The zero-order chi connectivity index (χ0) is 60.6. The van der Waals surface area contributed by atoms with Crippen LogP contribution in [0.4, 0.5) is 0 Å². The maximum Gasteiger partial charge on any atom is 0.253 e. The van der Waals surface area contributed by atoms with Crippen LogP contribution in [0.3, 0.4) is 0 Å². The van der Waals surface area contributed by atoms with E-state index in [0.717, 1.165) is 22.0 Å². The highest BCUT2D eigenvalue weighted by molar-refractivity contribution is 7.99. The van der Waals surface area contributed by atoms with Crippen LogP contribution in [0.5, 0.6) is 5.75 Å². The number of aliphatic hydroxyl groups excluding tert-OH is 3. The fourth-order valence-electron chi connectivity index (χ4n) is 10.5. The minimum Gasteiger partial charge on any atom is -0.610 e. The topological polar surface area (TPSA) is 434 Å². The summed E-state index contributed by atoms with van der Waals surface area (Å²) in [4.78, 5) is 171. The van der Waals surface area contributed by atoms with Gasteiger partial charge < -0.3 is 82.3 Å². The van der Waals surface area contributed by atoms with Gasteiger partial charge in [0.1, 0.15) is 41.7 Å². The van der Waals surface area contributed by atoms with Crippen LogP contribution >= 0.6 is 11.8 Å². The molecule has 31 heteroatoms. The van der Waals surface area contributed by atoms with Crippen LogP contribution in [0.25, 0.3) is 10.9 Å². The van der Waals surface area contributed by atoms with Gasteiger partial charge in [0.15, 0.2) is 6.04 Å². The van der Waals surface area contributed by atoms with Crippen molar-refractivity contribution in [2.75, 3.05) is 58.7 Å². The molecule has 12 atom stereocenters. The molecule has 2 unspecified atom stereocenters. The van der Waals surface area contributed by atoms with Crippen molar-refractivity contribution in [1.82, 2.24) is 56.9 Å². The van der Waals surface area contributed by atoms with Gasteiger partial charge in [-0.25, -0.2) is 0 Å². The average Bonchev–Trinajstić information content (AvgIpc) is 4.47. The van der Waals surface area contributed by atoms with Crippen molar-refractivity contribution in [2.24, 2.45) is 17.6 Å². The first kappa shape index (κ1) is 63.3. The van der Waals surface area contributed by atoms with E-state index in [9.17, 15) is 72.9 Å². The number of nitrogens with one attached hydrogen (secondary N) is 8. The van der Waals surface area contributed by atoms with Crippen molar-refractivity contribution in [3.8, 4) is 5.75 Å². The molecule has 0 radical (unpaired) electrons. The van der Waals surface area contributed by atoms with E-state index < -0.39 is 188 Å². The number of fused-ring (bicyclic) bond motifs is 5. The second-order valence-electron chi connectivity index (χ2n) is 21.1. The maximum absolute atomic E-state index is 15.3. The number of hydrogen-bond donors (Lipinski definition) is 12. The number of hydrogen-bond acceptors (Lipinski definition) is 18. The van der Waals surface area contributed by atoms with Gasteiger partial charge in [0.25, 0.3) is 11.8 Å². The smallest absolute Gasteiger partial charge is 0.253 e. The highest BCUT2D eigenvalue weighted by atomic mass is 32.2. The second-order valence-corrected chi connectivity index (χ2v) is 23.8. The third-order valence-corrected chi connectivity index (χ3v) is 18.2. The molecule has 1 aromatic carbocycles. The summed E-state index contributed by atoms with van der Waals surface area (Å²) in [5.74, 6) is -12.9. The minimum absolute atomic E-state index is 0.0816. The van der Waals surface area contributed by atoms with Gasteiger partial charge in [0.2, 0.25) is 64.1 Å². The number of imide groups is 1. The molecule has 12 amide bonds. The van der Waals surface area contributed by atoms with Crippen molar-refractivity contribution in [1.29, 1.82) is 0 Å². The summed E-state index contributed by atoms with van der Waals surface area (Å²) in [7, 11) is 1.41. The van der Waals surface area contributed by atoms with Crippen molar-refractivity contribution in [2.45, 2.75) is 124 Å². The Morgan fingerprint density at radius 3 is 2.22 bits per heavy atom. The molecule has 5 aliphatic heterocycles. The predicted molar refractivity (Wildman–Crippen MR) is 294 cm³/mol. The number of nitrogens with two attached hydrogens (primary N) is 1. The van der Waals surface area contributed by atoms with Gasteiger partial charge >= 0.3 is 0 Å². The molecule has 2 bridgehead atoms. The molecule has 13 N–H and O–H groups in total. The SMILES string of the molecule is CC[C@H](C)[C@@H]1NC(=O)CNC(=O)[C@@H]2Cc3c([nH]c4c(CSC5CCN(C(=O)CCN6C(=O)C=CC6=O)C5)c(OC)ccc34)[S+]([O-])C[C@H](NC(=O)CNC1=O)C(=O)N[C@@H](CC(N)=O)C(=O)N1C[C@H](O)C[C@@H]1C(=O)N[C@@H]([C@@H](C)[C@@H](O)CO)C(=O)N2. The molecule has 2 saturated heterocycles. The minimum atomic E-state index is -2.48. The highest BCUT2D eigenvalue weighted by Crippen LogP contribution is 2.38. The predicted octanol–water partition coefficient (Wildman–Crippen LogP) is -5.47. The number of benzene rings is 1. The molecule has 83 heavy (non-hydrogen) atoms. The number of rotatable bonds is 14. The van der Waals surface area contributed by atoms with Gasteiger partial charge in [0, 0.05) is 102 Å². The lowest BCUT2D eigenvalue weighted by Crippen LogP contribution is -2.62. The van der Waals surface area contributed by atoms with Gasteiger partial charge in [-0.3, -0.25) is 62.4 Å². The fourth-order valence-corrected chi connectivity index (χ4v) is 13.1. The number of aromatic nitrogens is 1. The van der Waals surface area contributed by atoms with Gasteiger partial charge in [0.05, 0.1) is 51.0 Å². The Bertz CT molecular complexity index is 2910. The summed E-state index contributed by atoms with van der Waals surface area (Å²) in [6.45, 7) is 2.22. The van der Waals surface area contributed by atoms with Crippen molar-refractivity contribution in [3.63, 3.8) is 0 Å². The summed E-state index contributed by atoms with van der Waals surface area (Å²) < 4.78 is 21.2. The second kappa shape index (κ2) is 27.8. The molecule has 2 fully saturated rings. The fraction of sp³-hybridized carbons (Fsp3) is 0.577.